The second kappa shape index (κ2) is 6.70. The fraction of sp³-hybridized carbons (Fsp3) is 0.455. The third-order valence-corrected chi connectivity index (χ3v) is 3.96. The molecule has 0 aliphatic carbocycles. The number of benzene rings is 1. The number of hydrogen-bond donors (Lipinski definition) is 1. The van der Waals surface area contributed by atoms with E-state index < -0.39 is 0 Å². The van der Waals surface area contributed by atoms with Crippen LogP contribution in [0.15, 0.2) is 16.6 Å². The van der Waals surface area contributed by atoms with E-state index in [1.165, 1.54) is 0 Å². The largest absolute Gasteiger partial charge is 0.385 e. The summed E-state index contributed by atoms with van der Waals surface area (Å²) in [4.78, 5) is 0. The summed E-state index contributed by atoms with van der Waals surface area (Å²) < 4.78 is 5.82. The molecule has 1 N–H and O–H groups in total. The minimum Gasteiger partial charge on any atom is -0.385 e. The van der Waals surface area contributed by atoms with Crippen molar-refractivity contribution in [2.45, 2.75) is 19.4 Å². The smallest absolute Gasteiger partial charge is 0.0835 e. The lowest BCUT2D eigenvalue weighted by molar-refractivity contribution is 0.191. The molecule has 1 unspecified atom stereocenters. The maximum atomic E-state index is 6.12. The summed E-state index contributed by atoms with van der Waals surface area (Å²) in [6.07, 6.45) is 0.917. The number of methoxy groups -OCH3 is 1. The van der Waals surface area contributed by atoms with Crippen molar-refractivity contribution in [3.63, 3.8) is 0 Å². The Hall–Kier alpha value is 0.0400. The van der Waals surface area contributed by atoms with Crippen molar-refractivity contribution in [1.82, 2.24) is 0 Å². The van der Waals surface area contributed by atoms with Gasteiger partial charge in [0.2, 0.25) is 0 Å². The fourth-order valence-electron chi connectivity index (χ4n) is 1.27. The van der Waals surface area contributed by atoms with Crippen LogP contribution in [0.1, 0.15) is 13.3 Å². The molecule has 0 amide bonds. The average molecular weight is 327 g/mol. The van der Waals surface area contributed by atoms with E-state index in [0.29, 0.717) is 10.0 Å². The van der Waals surface area contributed by atoms with Crippen LogP contribution in [0.25, 0.3) is 0 Å². The SMILES string of the molecule is COCCC(C)Nc1ccc(Br)c(Cl)c1Cl. The van der Waals surface area contributed by atoms with E-state index >= 15 is 0 Å². The molecule has 1 aromatic rings. The molecule has 1 rings (SSSR count). The van der Waals surface area contributed by atoms with Crippen LogP contribution >= 0.6 is 39.1 Å². The molecule has 0 aliphatic heterocycles. The summed E-state index contributed by atoms with van der Waals surface area (Å²) in [5.74, 6) is 0. The minimum absolute atomic E-state index is 0.287. The molecule has 0 saturated carbocycles. The highest BCUT2D eigenvalue weighted by Gasteiger charge is 2.10. The molecule has 90 valence electrons. The number of nitrogens with one attached hydrogen (secondary N) is 1. The second-order valence-corrected chi connectivity index (χ2v) is 5.16. The van der Waals surface area contributed by atoms with Gasteiger partial charge < -0.3 is 10.1 Å². The zero-order valence-corrected chi connectivity index (χ0v) is 12.3. The van der Waals surface area contributed by atoms with Gasteiger partial charge in [-0.2, -0.15) is 0 Å². The Kier molecular flexibility index (Phi) is 5.90. The van der Waals surface area contributed by atoms with Crippen molar-refractivity contribution in [3.8, 4) is 0 Å². The van der Waals surface area contributed by atoms with E-state index in [-0.39, 0.29) is 6.04 Å². The minimum atomic E-state index is 0.287. The summed E-state index contributed by atoms with van der Waals surface area (Å²) in [7, 11) is 1.69. The van der Waals surface area contributed by atoms with E-state index in [1.807, 2.05) is 12.1 Å². The number of hydrogen-bond acceptors (Lipinski definition) is 2. The van der Waals surface area contributed by atoms with Gasteiger partial charge >= 0.3 is 0 Å². The lowest BCUT2D eigenvalue weighted by Crippen LogP contribution is -2.17. The number of halogens is 3. The molecular weight excluding hydrogens is 313 g/mol. The Morgan fingerprint density at radius 1 is 1.38 bits per heavy atom. The average Bonchev–Trinajstić information content (AvgIpc) is 2.27. The van der Waals surface area contributed by atoms with Gasteiger partial charge in [-0.15, -0.1) is 0 Å². The third-order valence-electron chi connectivity index (χ3n) is 2.19. The van der Waals surface area contributed by atoms with Crippen LogP contribution in [0.5, 0.6) is 0 Å². The maximum absolute atomic E-state index is 6.12. The van der Waals surface area contributed by atoms with E-state index in [4.69, 9.17) is 27.9 Å². The summed E-state index contributed by atoms with van der Waals surface area (Å²) in [6.45, 7) is 2.79. The van der Waals surface area contributed by atoms with Crippen molar-refractivity contribution in [3.05, 3.63) is 26.7 Å². The molecule has 16 heavy (non-hydrogen) atoms. The van der Waals surface area contributed by atoms with Gasteiger partial charge in [-0.1, -0.05) is 23.2 Å². The number of anilines is 1. The van der Waals surface area contributed by atoms with Crippen molar-refractivity contribution < 1.29 is 4.74 Å². The first-order chi connectivity index (χ1) is 7.56. The standard InChI is InChI=1S/C11H14BrCl2NO/c1-7(5-6-16-2)15-9-4-3-8(12)10(13)11(9)14/h3-4,7,15H,5-6H2,1-2H3. The molecule has 0 fully saturated rings. The van der Waals surface area contributed by atoms with E-state index in [9.17, 15) is 0 Å². The zero-order valence-electron chi connectivity index (χ0n) is 9.19. The molecule has 1 atom stereocenters. The van der Waals surface area contributed by atoms with Crippen LogP contribution in [0.4, 0.5) is 5.69 Å². The molecule has 0 spiro atoms. The molecule has 0 aliphatic rings. The summed E-state index contributed by atoms with van der Waals surface area (Å²) in [5, 5.41) is 4.37. The Balaban J connectivity index is 2.70. The Morgan fingerprint density at radius 2 is 2.06 bits per heavy atom. The quantitative estimate of drug-likeness (QED) is 0.799. The topological polar surface area (TPSA) is 21.3 Å². The molecule has 2 nitrogen and oxygen atoms in total. The zero-order chi connectivity index (χ0) is 12.1. The molecule has 0 bridgehead atoms. The van der Waals surface area contributed by atoms with Crippen LogP contribution in [0, 0.1) is 0 Å². The highest BCUT2D eigenvalue weighted by Crippen LogP contribution is 2.36. The Labute approximate surface area is 114 Å². The highest BCUT2D eigenvalue weighted by molar-refractivity contribution is 9.10. The first-order valence-electron chi connectivity index (χ1n) is 4.95. The van der Waals surface area contributed by atoms with Crippen LogP contribution in [-0.2, 0) is 4.74 Å². The van der Waals surface area contributed by atoms with Crippen molar-refractivity contribution in [2.24, 2.45) is 0 Å². The van der Waals surface area contributed by atoms with Crippen molar-refractivity contribution in [2.75, 3.05) is 19.0 Å². The van der Waals surface area contributed by atoms with Crippen LogP contribution in [0.3, 0.4) is 0 Å². The molecule has 1 aromatic carbocycles. The van der Waals surface area contributed by atoms with Crippen molar-refractivity contribution in [1.29, 1.82) is 0 Å². The van der Waals surface area contributed by atoms with Gasteiger partial charge in [0.15, 0.2) is 0 Å². The first-order valence-corrected chi connectivity index (χ1v) is 6.50. The molecule has 0 saturated heterocycles. The van der Waals surface area contributed by atoms with Crippen LogP contribution < -0.4 is 5.32 Å². The van der Waals surface area contributed by atoms with Gasteiger partial charge in [-0.05, 0) is 41.4 Å². The van der Waals surface area contributed by atoms with E-state index in [0.717, 1.165) is 23.2 Å². The monoisotopic (exact) mass is 325 g/mol. The van der Waals surface area contributed by atoms with Crippen LogP contribution in [-0.4, -0.2) is 19.8 Å². The van der Waals surface area contributed by atoms with Gasteiger partial charge in [-0.3, -0.25) is 0 Å². The van der Waals surface area contributed by atoms with Crippen molar-refractivity contribution >= 4 is 44.8 Å². The molecule has 0 aromatic heterocycles. The first kappa shape index (κ1) is 14.1. The third kappa shape index (κ3) is 3.81. The number of ether oxygens (including phenoxy) is 1. The predicted octanol–water partition coefficient (Wildman–Crippen LogP) is 4.59. The molecule has 5 heteroatoms. The van der Waals surface area contributed by atoms with Gasteiger partial charge in [0, 0.05) is 24.2 Å². The second-order valence-electron chi connectivity index (χ2n) is 3.55. The molecule has 0 heterocycles. The number of rotatable bonds is 5. The van der Waals surface area contributed by atoms with Gasteiger partial charge in [-0.25, -0.2) is 0 Å². The van der Waals surface area contributed by atoms with E-state index in [2.05, 4.69) is 28.2 Å². The highest BCUT2D eigenvalue weighted by atomic mass is 79.9. The normalized spacial score (nSPS) is 12.6. The van der Waals surface area contributed by atoms with Gasteiger partial charge in [0.25, 0.3) is 0 Å². The molecular formula is C11H14BrCl2NO. The van der Waals surface area contributed by atoms with Gasteiger partial charge in [0.1, 0.15) is 0 Å². The predicted molar refractivity (Wildman–Crippen MR) is 73.7 cm³/mol. The lowest BCUT2D eigenvalue weighted by Gasteiger charge is -2.16. The van der Waals surface area contributed by atoms with Gasteiger partial charge in [0.05, 0.1) is 15.7 Å². The fourth-order valence-corrected chi connectivity index (χ4v) is 2.10. The Bertz CT molecular complexity index is 360. The summed E-state index contributed by atoms with van der Waals surface area (Å²) in [5.41, 5.74) is 0.846. The van der Waals surface area contributed by atoms with Crippen LogP contribution in [0.2, 0.25) is 10.0 Å². The van der Waals surface area contributed by atoms with E-state index in [1.54, 1.807) is 7.11 Å². The Morgan fingerprint density at radius 3 is 2.69 bits per heavy atom. The summed E-state index contributed by atoms with van der Waals surface area (Å²) in [6, 6.07) is 4.07. The summed E-state index contributed by atoms with van der Waals surface area (Å²) >= 11 is 15.5. The lowest BCUT2D eigenvalue weighted by atomic mass is 10.2. The molecule has 0 radical (unpaired) electrons. The maximum Gasteiger partial charge on any atom is 0.0835 e.